The number of hydrogen-bond donors (Lipinski definition) is 3. The molecule has 1 aliphatic rings. The van der Waals surface area contributed by atoms with Gasteiger partial charge in [-0.25, -0.2) is 4.79 Å². The van der Waals surface area contributed by atoms with Crippen LogP contribution in [0.15, 0.2) is 42.5 Å². The Labute approximate surface area is 141 Å². The number of amides is 3. The molecule has 1 fully saturated rings. The lowest BCUT2D eigenvalue weighted by atomic mass is 9.94. The third kappa shape index (κ3) is 3.50. The van der Waals surface area contributed by atoms with E-state index in [1.54, 1.807) is 0 Å². The molecule has 3 atom stereocenters. The molecule has 1 heterocycles. The Bertz CT molecular complexity index is 759. The zero-order chi connectivity index (χ0) is 17.1. The molecule has 126 valence electrons. The van der Waals surface area contributed by atoms with Crippen molar-refractivity contribution in [3.8, 4) is 0 Å². The molecule has 2 aromatic carbocycles. The minimum atomic E-state index is -0.470. The van der Waals surface area contributed by atoms with Gasteiger partial charge >= 0.3 is 6.03 Å². The summed E-state index contributed by atoms with van der Waals surface area (Å²) in [5.74, 6) is 0.0303. The molecule has 3 rings (SSSR count). The van der Waals surface area contributed by atoms with Crippen molar-refractivity contribution in [2.45, 2.75) is 32.4 Å². The van der Waals surface area contributed by atoms with Crippen LogP contribution in [0.4, 0.5) is 4.79 Å². The van der Waals surface area contributed by atoms with Gasteiger partial charge in [-0.2, -0.15) is 0 Å². The lowest BCUT2D eigenvalue weighted by Crippen LogP contribution is -2.56. The molecule has 0 saturated carbocycles. The van der Waals surface area contributed by atoms with E-state index in [0.717, 1.165) is 17.4 Å². The fourth-order valence-electron chi connectivity index (χ4n) is 3.11. The fourth-order valence-corrected chi connectivity index (χ4v) is 3.11. The molecular formula is C19H23N3O2. The maximum atomic E-state index is 12.2. The predicted molar refractivity (Wildman–Crippen MR) is 94.6 cm³/mol. The van der Waals surface area contributed by atoms with Crippen molar-refractivity contribution in [3.63, 3.8) is 0 Å². The summed E-state index contributed by atoms with van der Waals surface area (Å²) in [7, 11) is 0. The first-order valence-corrected chi connectivity index (χ1v) is 8.38. The van der Waals surface area contributed by atoms with Gasteiger partial charge in [-0.3, -0.25) is 4.79 Å². The SMILES string of the molecule is C[C@H](NC(=O)N[C@H]1C(=O)NCC[C@@H]1C)c1ccc2ccccc2c1. The van der Waals surface area contributed by atoms with Gasteiger partial charge in [0.2, 0.25) is 5.91 Å². The Morgan fingerprint density at radius 2 is 1.96 bits per heavy atom. The van der Waals surface area contributed by atoms with Crippen LogP contribution in [-0.2, 0) is 4.79 Å². The van der Waals surface area contributed by atoms with Crippen LogP contribution >= 0.6 is 0 Å². The highest BCUT2D eigenvalue weighted by Gasteiger charge is 2.30. The van der Waals surface area contributed by atoms with E-state index in [0.29, 0.717) is 6.54 Å². The second-order valence-corrected chi connectivity index (χ2v) is 6.48. The number of urea groups is 1. The molecule has 1 saturated heterocycles. The third-order valence-corrected chi connectivity index (χ3v) is 4.66. The molecule has 3 amide bonds. The van der Waals surface area contributed by atoms with Crippen molar-refractivity contribution in [1.29, 1.82) is 0 Å². The average molecular weight is 325 g/mol. The Balaban J connectivity index is 1.65. The fraction of sp³-hybridized carbons (Fsp3) is 0.368. The number of rotatable bonds is 3. The highest BCUT2D eigenvalue weighted by atomic mass is 16.2. The van der Waals surface area contributed by atoms with Crippen molar-refractivity contribution in [2.75, 3.05) is 6.54 Å². The van der Waals surface area contributed by atoms with Crippen molar-refractivity contribution in [1.82, 2.24) is 16.0 Å². The number of piperidine rings is 1. The van der Waals surface area contributed by atoms with Crippen molar-refractivity contribution < 1.29 is 9.59 Å². The standard InChI is InChI=1S/C19H23N3O2/c1-12-9-10-20-18(23)17(12)22-19(24)21-13(2)15-8-7-14-5-3-4-6-16(14)11-15/h3-8,11-13,17H,9-10H2,1-2H3,(H,20,23)(H2,21,22,24)/t12-,13-,17+/m0/s1. The van der Waals surface area contributed by atoms with Gasteiger partial charge in [0.1, 0.15) is 6.04 Å². The molecule has 1 aliphatic heterocycles. The van der Waals surface area contributed by atoms with E-state index in [-0.39, 0.29) is 23.9 Å². The van der Waals surface area contributed by atoms with Crippen LogP contribution in [0.1, 0.15) is 31.9 Å². The zero-order valence-electron chi connectivity index (χ0n) is 14.0. The van der Waals surface area contributed by atoms with Gasteiger partial charge in [0.25, 0.3) is 0 Å². The monoisotopic (exact) mass is 325 g/mol. The molecule has 0 radical (unpaired) electrons. The lowest BCUT2D eigenvalue weighted by Gasteiger charge is -2.29. The Hall–Kier alpha value is -2.56. The van der Waals surface area contributed by atoms with Crippen LogP contribution in [-0.4, -0.2) is 24.5 Å². The Morgan fingerprint density at radius 3 is 2.71 bits per heavy atom. The van der Waals surface area contributed by atoms with E-state index >= 15 is 0 Å². The van der Waals surface area contributed by atoms with Crippen LogP contribution < -0.4 is 16.0 Å². The van der Waals surface area contributed by atoms with E-state index in [1.165, 1.54) is 5.39 Å². The van der Waals surface area contributed by atoms with Crippen LogP contribution in [0.25, 0.3) is 10.8 Å². The molecule has 0 aliphatic carbocycles. The Kier molecular flexibility index (Phi) is 4.69. The summed E-state index contributed by atoms with van der Waals surface area (Å²) in [4.78, 5) is 24.1. The summed E-state index contributed by atoms with van der Waals surface area (Å²) >= 11 is 0. The van der Waals surface area contributed by atoms with Gasteiger partial charge < -0.3 is 16.0 Å². The molecule has 0 spiro atoms. The summed E-state index contributed by atoms with van der Waals surface area (Å²) in [6.45, 7) is 4.60. The largest absolute Gasteiger partial charge is 0.354 e. The Morgan fingerprint density at radius 1 is 1.21 bits per heavy atom. The topological polar surface area (TPSA) is 70.2 Å². The minimum Gasteiger partial charge on any atom is -0.354 e. The normalized spacial score (nSPS) is 21.8. The van der Waals surface area contributed by atoms with Crippen molar-refractivity contribution in [3.05, 3.63) is 48.0 Å². The quantitative estimate of drug-likeness (QED) is 0.812. The third-order valence-electron chi connectivity index (χ3n) is 4.66. The molecule has 2 aromatic rings. The summed E-state index contributed by atoms with van der Waals surface area (Å²) in [5, 5.41) is 10.8. The number of carbonyl (C=O) groups excluding carboxylic acids is 2. The zero-order valence-corrected chi connectivity index (χ0v) is 14.0. The van der Waals surface area contributed by atoms with Gasteiger partial charge in [0.05, 0.1) is 6.04 Å². The number of fused-ring (bicyclic) bond motifs is 1. The van der Waals surface area contributed by atoms with Gasteiger partial charge in [-0.15, -0.1) is 0 Å². The summed E-state index contributed by atoms with van der Waals surface area (Å²) in [6, 6.07) is 13.3. The maximum Gasteiger partial charge on any atom is 0.315 e. The predicted octanol–water partition coefficient (Wildman–Crippen LogP) is 2.72. The summed E-state index contributed by atoms with van der Waals surface area (Å²) in [6.07, 6.45) is 0.872. The molecule has 0 aromatic heterocycles. The first-order valence-electron chi connectivity index (χ1n) is 8.38. The van der Waals surface area contributed by atoms with Gasteiger partial charge in [-0.05, 0) is 41.7 Å². The molecule has 24 heavy (non-hydrogen) atoms. The first-order chi connectivity index (χ1) is 11.5. The second-order valence-electron chi connectivity index (χ2n) is 6.48. The maximum absolute atomic E-state index is 12.2. The highest BCUT2D eigenvalue weighted by molar-refractivity contribution is 5.88. The van der Waals surface area contributed by atoms with Gasteiger partial charge in [0, 0.05) is 6.54 Å². The molecule has 3 N–H and O–H groups in total. The number of nitrogens with one attached hydrogen (secondary N) is 3. The molecule has 0 unspecified atom stereocenters. The first kappa shape index (κ1) is 16.3. The van der Waals surface area contributed by atoms with Crippen molar-refractivity contribution >= 4 is 22.7 Å². The molecule has 5 heteroatoms. The highest BCUT2D eigenvalue weighted by Crippen LogP contribution is 2.20. The number of carbonyl (C=O) groups is 2. The number of hydrogen-bond acceptors (Lipinski definition) is 2. The molecule has 5 nitrogen and oxygen atoms in total. The van der Waals surface area contributed by atoms with Crippen LogP contribution in [0, 0.1) is 5.92 Å². The van der Waals surface area contributed by atoms with E-state index in [1.807, 2.05) is 32.0 Å². The van der Waals surface area contributed by atoms with E-state index in [9.17, 15) is 9.59 Å². The van der Waals surface area contributed by atoms with Crippen LogP contribution in [0.2, 0.25) is 0 Å². The number of benzene rings is 2. The molecule has 0 bridgehead atoms. The lowest BCUT2D eigenvalue weighted by molar-refractivity contribution is -0.125. The summed E-state index contributed by atoms with van der Waals surface area (Å²) in [5.41, 5.74) is 1.03. The second kappa shape index (κ2) is 6.91. The molecular weight excluding hydrogens is 302 g/mol. The smallest absolute Gasteiger partial charge is 0.315 e. The summed E-state index contributed by atoms with van der Waals surface area (Å²) < 4.78 is 0. The van der Waals surface area contributed by atoms with Gasteiger partial charge in [-0.1, -0.05) is 43.3 Å². The van der Waals surface area contributed by atoms with E-state index in [2.05, 4.69) is 40.2 Å². The van der Waals surface area contributed by atoms with E-state index < -0.39 is 6.04 Å². The van der Waals surface area contributed by atoms with Gasteiger partial charge in [0.15, 0.2) is 0 Å². The van der Waals surface area contributed by atoms with Crippen LogP contribution in [0.5, 0.6) is 0 Å². The van der Waals surface area contributed by atoms with Crippen molar-refractivity contribution in [2.24, 2.45) is 5.92 Å². The average Bonchev–Trinajstić information content (AvgIpc) is 2.58. The van der Waals surface area contributed by atoms with Crippen LogP contribution in [0.3, 0.4) is 0 Å². The minimum absolute atomic E-state index is 0.109. The van der Waals surface area contributed by atoms with E-state index in [4.69, 9.17) is 0 Å².